The van der Waals surface area contributed by atoms with E-state index in [0.29, 0.717) is 30.8 Å². The summed E-state index contributed by atoms with van der Waals surface area (Å²) in [6.07, 6.45) is 0.415. The number of anilines is 1. The minimum Gasteiger partial charge on any atom is -0.497 e. The highest BCUT2D eigenvalue weighted by Gasteiger charge is 2.31. The number of carbonyl (C=O) groups excluding carboxylic acids is 2. The van der Waals surface area contributed by atoms with Crippen LogP contribution in [0.5, 0.6) is 11.5 Å². The number of ether oxygens (including phenoxy) is 2. The first-order valence-electron chi connectivity index (χ1n) is 8.48. The van der Waals surface area contributed by atoms with E-state index >= 15 is 0 Å². The second kappa shape index (κ2) is 7.91. The summed E-state index contributed by atoms with van der Waals surface area (Å²) < 4.78 is 10.4. The number of nitrogens with one attached hydrogen (secondary N) is 1. The fourth-order valence-electron chi connectivity index (χ4n) is 3.09. The lowest BCUT2D eigenvalue weighted by Crippen LogP contribution is -2.31. The summed E-state index contributed by atoms with van der Waals surface area (Å²) in [5, 5.41) is 2.91. The van der Waals surface area contributed by atoms with Crippen molar-refractivity contribution in [2.75, 3.05) is 32.2 Å². The van der Waals surface area contributed by atoms with Gasteiger partial charge in [0.2, 0.25) is 5.91 Å². The number of benzene rings is 2. The minimum absolute atomic E-state index is 0.0618. The van der Waals surface area contributed by atoms with E-state index in [1.165, 1.54) is 7.11 Å². The molecule has 1 fully saturated rings. The molecule has 0 radical (unpaired) electrons. The first kappa shape index (κ1) is 17.8. The van der Waals surface area contributed by atoms with Crippen molar-refractivity contribution >= 4 is 17.5 Å². The standard InChI is InChI=1S/C20H22N2O4/c1-25-16-9-7-15(8-10-16)22-13-14(11-19(22)23)12-21-20(24)17-5-3-4-6-18(17)26-2/h3-10,14H,11-13H2,1-2H3,(H,21,24)/t14-/m1/s1. The van der Waals surface area contributed by atoms with E-state index in [1.54, 1.807) is 30.2 Å². The third-order valence-corrected chi connectivity index (χ3v) is 4.49. The van der Waals surface area contributed by atoms with Crippen LogP contribution in [0.4, 0.5) is 5.69 Å². The number of hydrogen-bond acceptors (Lipinski definition) is 4. The van der Waals surface area contributed by atoms with Crippen molar-refractivity contribution in [3.05, 3.63) is 54.1 Å². The average Bonchev–Trinajstić information content (AvgIpc) is 3.06. The Labute approximate surface area is 152 Å². The number of nitrogens with zero attached hydrogens (tertiary/aromatic N) is 1. The third kappa shape index (κ3) is 3.79. The van der Waals surface area contributed by atoms with E-state index < -0.39 is 0 Å². The number of amides is 2. The second-order valence-corrected chi connectivity index (χ2v) is 6.18. The fourth-order valence-corrected chi connectivity index (χ4v) is 3.09. The molecule has 1 heterocycles. The van der Waals surface area contributed by atoms with Crippen LogP contribution in [0.1, 0.15) is 16.8 Å². The van der Waals surface area contributed by atoms with Gasteiger partial charge in [-0.05, 0) is 36.4 Å². The molecule has 1 aliphatic heterocycles. The summed E-state index contributed by atoms with van der Waals surface area (Å²) >= 11 is 0. The average molecular weight is 354 g/mol. The van der Waals surface area contributed by atoms with Gasteiger partial charge in [0, 0.05) is 31.1 Å². The van der Waals surface area contributed by atoms with Gasteiger partial charge in [-0.1, -0.05) is 12.1 Å². The number of carbonyl (C=O) groups is 2. The van der Waals surface area contributed by atoms with E-state index in [9.17, 15) is 9.59 Å². The largest absolute Gasteiger partial charge is 0.497 e. The summed E-state index contributed by atoms with van der Waals surface area (Å²) in [5.74, 6) is 1.22. The van der Waals surface area contributed by atoms with Gasteiger partial charge in [-0.2, -0.15) is 0 Å². The summed E-state index contributed by atoms with van der Waals surface area (Å²) in [6.45, 7) is 1.02. The van der Waals surface area contributed by atoms with Gasteiger partial charge >= 0.3 is 0 Å². The van der Waals surface area contributed by atoms with Crippen molar-refractivity contribution in [1.29, 1.82) is 0 Å². The van der Waals surface area contributed by atoms with Gasteiger partial charge < -0.3 is 19.7 Å². The Hall–Kier alpha value is -3.02. The SMILES string of the molecule is COc1ccc(N2C[C@@H](CNC(=O)c3ccccc3OC)CC2=O)cc1. The van der Waals surface area contributed by atoms with Crippen LogP contribution in [-0.4, -0.2) is 39.1 Å². The maximum atomic E-state index is 12.4. The zero-order chi connectivity index (χ0) is 18.5. The molecule has 2 aromatic carbocycles. The Morgan fingerprint density at radius 2 is 1.85 bits per heavy atom. The molecule has 0 aliphatic carbocycles. The molecule has 0 unspecified atom stereocenters. The Morgan fingerprint density at radius 3 is 2.54 bits per heavy atom. The molecule has 136 valence electrons. The van der Waals surface area contributed by atoms with Crippen molar-refractivity contribution in [2.45, 2.75) is 6.42 Å². The molecule has 0 aromatic heterocycles. The lowest BCUT2D eigenvalue weighted by molar-refractivity contribution is -0.117. The van der Waals surface area contributed by atoms with Crippen molar-refractivity contribution < 1.29 is 19.1 Å². The number of para-hydroxylation sites is 1. The number of hydrogen-bond donors (Lipinski definition) is 1. The first-order valence-corrected chi connectivity index (χ1v) is 8.48. The molecule has 1 saturated heterocycles. The summed E-state index contributed by atoms with van der Waals surface area (Å²) in [5.41, 5.74) is 1.33. The molecule has 1 atom stereocenters. The predicted molar refractivity (Wildman–Crippen MR) is 98.8 cm³/mol. The number of methoxy groups -OCH3 is 2. The van der Waals surface area contributed by atoms with E-state index in [1.807, 2.05) is 30.3 Å². The van der Waals surface area contributed by atoms with Gasteiger partial charge in [0.1, 0.15) is 11.5 Å². The Morgan fingerprint density at radius 1 is 1.12 bits per heavy atom. The van der Waals surface area contributed by atoms with Crippen LogP contribution in [0.25, 0.3) is 0 Å². The van der Waals surface area contributed by atoms with Crippen LogP contribution in [0, 0.1) is 5.92 Å². The van der Waals surface area contributed by atoms with Gasteiger partial charge in [0.05, 0.1) is 19.8 Å². The van der Waals surface area contributed by atoms with Crippen LogP contribution in [0.3, 0.4) is 0 Å². The highest BCUT2D eigenvalue weighted by molar-refractivity contribution is 5.97. The molecule has 2 aromatic rings. The highest BCUT2D eigenvalue weighted by atomic mass is 16.5. The fraction of sp³-hybridized carbons (Fsp3) is 0.300. The van der Waals surface area contributed by atoms with E-state index in [0.717, 1.165) is 11.4 Å². The van der Waals surface area contributed by atoms with Crippen LogP contribution in [0.2, 0.25) is 0 Å². The van der Waals surface area contributed by atoms with Crippen LogP contribution >= 0.6 is 0 Å². The maximum Gasteiger partial charge on any atom is 0.255 e. The van der Waals surface area contributed by atoms with Crippen molar-refractivity contribution in [2.24, 2.45) is 5.92 Å². The molecule has 6 heteroatoms. The topological polar surface area (TPSA) is 67.9 Å². The number of rotatable bonds is 6. The van der Waals surface area contributed by atoms with Gasteiger partial charge in [-0.3, -0.25) is 9.59 Å². The van der Waals surface area contributed by atoms with Crippen molar-refractivity contribution in [1.82, 2.24) is 5.32 Å². The van der Waals surface area contributed by atoms with Gasteiger partial charge in [0.15, 0.2) is 0 Å². The summed E-state index contributed by atoms with van der Waals surface area (Å²) in [6, 6.07) is 14.5. The lowest BCUT2D eigenvalue weighted by Gasteiger charge is -2.17. The summed E-state index contributed by atoms with van der Waals surface area (Å²) in [7, 11) is 3.14. The molecule has 2 amide bonds. The first-order chi connectivity index (χ1) is 12.6. The molecule has 1 N–H and O–H groups in total. The molecule has 0 saturated carbocycles. The minimum atomic E-state index is -0.196. The highest BCUT2D eigenvalue weighted by Crippen LogP contribution is 2.26. The molecule has 0 bridgehead atoms. The molecule has 26 heavy (non-hydrogen) atoms. The monoisotopic (exact) mass is 354 g/mol. The maximum absolute atomic E-state index is 12.4. The third-order valence-electron chi connectivity index (χ3n) is 4.49. The van der Waals surface area contributed by atoms with Gasteiger partial charge in [0.25, 0.3) is 5.91 Å². The molecule has 3 rings (SSSR count). The second-order valence-electron chi connectivity index (χ2n) is 6.18. The zero-order valence-corrected chi connectivity index (χ0v) is 14.9. The van der Waals surface area contributed by atoms with Gasteiger partial charge in [-0.15, -0.1) is 0 Å². The quantitative estimate of drug-likeness (QED) is 0.865. The van der Waals surface area contributed by atoms with Crippen LogP contribution in [0.15, 0.2) is 48.5 Å². The van der Waals surface area contributed by atoms with Crippen LogP contribution in [-0.2, 0) is 4.79 Å². The smallest absolute Gasteiger partial charge is 0.255 e. The predicted octanol–water partition coefficient (Wildman–Crippen LogP) is 2.49. The normalized spacial score (nSPS) is 16.5. The molecule has 6 nitrogen and oxygen atoms in total. The Balaban J connectivity index is 1.59. The van der Waals surface area contributed by atoms with Crippen LogP contribution < -0.4 is 19.7 Å². The molecular formula is C20H22N2O4. The van der Waals surface area contributed by atoms with Crippen molar-refractivity contribution in [3.8, 4) is 11.5 Å². The Kier molecular flexibility index (Phi) is 5.41. The van der Waals surface area contributed by atoms with Gasteiger partial charge in [-0.25, -0.2) is 0 Å². The Bertz CT molecular complexity index is 789. The lowest BCUT2D eigenvalue weighted by atomic mass is 10.1. The van der Waals surface area contributed by atoms with E-state index in [-0.39, 0.29) is 17.7 Å². The van der Waals surface area contributed by atoms with Crippen molar-refractivity contribution in [3.63, 3.8) is 0 Å². The molecule has 0 spiro atoms. The van der Waals surface area contributed by atoms with E-state index in [4.69, 9.17) is 9.47 Å². The molecular weight excluding hydrogens is 332 g/mol. The zero-order valence-electron chi connectivity index (χ0n) is 14.9. The summed E-state index contributed by atoms with van der Waals surface area (Å²) in [4.78, 5) is 26.4. The molecule has 1 aliphatic rings. The van der Waals surface area contributed by atoms with E-state index in [2.05, 4.69) is 5.32 Å².